The van der Waals surface area contributed by atoms with Gasteiger partial charge >= 0.3 is 5.97 Å². The number of benzene rings is 2. The largest absolute Gasteiger partial charge is 0.481 e. The Hall–Kier alpha value is -3.17. The van der Waals surface area contributed by atoms with Crippen molar-refractivity contribution < 1.29 is 18.3 Å². The second-order valence-corrected chi connectivity index (χ2v) is 8.89. The Morgan fingerprint density at radius 1 is 1.14 bits per heavy atom. The normalized spacial score (nSPS) is 16.0. The van der Waals surface area contributed by atoms with Crippen LogP contribution in [0, 0.1) is 17.2 Å². The van der Waals surface area contributed by atoms with E-state index in [4.69, 9.17) is 0 Å². The van der Waals surface area contributed by atoms with Gasteiger partial charge in [-0.3, -0.25) is 4.79 Å². The van der Waals surface area contributed by atoms with E-state index in [1.807, 2.05) is 19.1 Å². The van der Waals surface area contributed by atoms with Crippen molar-refractivity contribution in [2.24, 2.45) is 5.92 Å². The van der Waals surface area contributed by atoms with Gasteiger partial charge in [0, 0.05) is 6.26 Å². The second kappa shape index (κ2) is 7.10. The molecule has 0 saturated heterocycles. The molecule has 28 heavy (non-hydrogen) atoms. The van der Waals surface area contributed by atoms with Crippen molar-refractivity contribution in [2.45, 2.75) is 18.7 Å². The van der Waals surface area contributed by atoms with Crippen molar-refractivity contribution in [1.29, 1.82) is 5.26 Å². The third-order valence-corrected chi connectivity index (χ3v) is 6.09. The highest BCUT2D eigenvalue weighted by Crippen LogP contribution is 2.45. The second-order valence-electron chi connectivity index (χ2n) is 6.87. The molecule has 0 aromatic heterocycles. The van der Waals surface area contributed by atoms with E-state index in [0.717, 1.165) is 34.1 Å². The van der Waals surface area contributed by atoms with Crippen molar-refractivity contribution in [3.8, 4) is 6.07 Å². The summed E-state index contributed by atoms with van der Waals surface area (Å²) in [7, 11) is -3.27. The van der Waals surface area contributed by atoms with Crippen LogP contribution < -0.4 is 0 Å². The molecule has 2 aromatic carbocycles. The zero-order chi connectivity index (χ0) is 20.6. The number of carboxylic acid groups (broad SMARTS) is 1. The van der Waals surface area contributed by atoms with Gasteiger partial charge < -0.3 is 5.11 Å². The van der Waals surface area contributed by atoms with Gasteiger partial charge in [-0.1, -0.05) is 18.2 Å². The lowest BCUT2D eigenvalue weighted by Gasteiger charge is -2.11. The maximum atomic E-state index is 11.6. The van der Waals surface area contributed by atoms with Crippen molar-refractivity contribution in [1.82, 2.24) is 0 Å². The lowest BCUT2D eigenvalue weighted by atomic mass is 9.93. The molecule has 0 heterocycles. The van der Waals surface area contributed by atoms with Gasteiger partial charge in [0.25, 0.3) is 0 Å². The van der Waals surface area contributed by atoms with Gasteiger partial charge in [-0.05, 0) is 77.6 Å². The van der Waals surface area contributed by atoms with E-state index in [9.17, 15) is 23.6 Å². The first kappa shape index (κ1) is 19.6. The zero-order valence-electron chi connectivity index (χ0n) is 15.7. The van der Waals surface area contributed by atoms with Gasteiger partial charge in [0.2, 0.25) is 0 Å². The van der Waals surface area contributed by atoms with Crippen LogP contribution in [0.4, 0.5) is 0 Å². The fourth-order valence-electron chi connectivity index (χ4n) is 3.47. The highest BCUT2D eigenvalue weighted by molar-refractivity contribution is 7.90. The lowest BCUT2D eigenvalue weighted by molar-refractivity contribution is -0.139. The number of fused-ring (bicyclic) bond motifs is 1. The minimum absolute atomic E-state index is 0.243. The van der Waals surface area contributed by atoms with E-state index in [2.05, 4.69) is 6.07 Å². The number of carboxylic acids is 1. The van der Waals surface area contributed by atoms with Crippen molar-refractivity contribution >= 4 is 33.0 Å². The monoisotopic (exact) mass is 393 g/mol. The Labute approximate surface area is 164 Å². The fraction of sp³-hybridized carbons (Fsp3) is 0.182. The molecule has 142 valence electrons. The number of nitriles is 1. The number of nitrogens with zero attached hydrogens (tertiary/aromatic N) is 1. The van der Waals surface area contributed by atoms with Gasteiger partial charge in [-0.15, -0.1) is 0 Å². The number of hydrogen-bond donors (Lipinski definition) is 1. The quantitative estimate of drug-likeness (QED) is 0.847. The molecule has 6 heteroatoms. The summed E-state index contributed by atoms with van der Waals surface area (Å²) in [5.74, 6) is -1.65. The van der Waals surface area contributed by atoms with E-state index in [1.165, 1.54) is 0 Å². The van der Waals surface area contributed by atoms with Gasteiger partial charge in [-0.25, -0.2) is 8.42 Å². The molecule has 0 spiro atoms. The number of aliphatic carboxylic acids is 1. The Kier molecular flexibility index (Phi) is 4.97. The summed E-state index contributed by atoms with van der Waals surface area (Å²) in [6.45, 7) is 3.51. The van der Waals surface area contributed by atoms with E-state index in [1.54, 1.807) is 43.3 Å². The topological polar surface area (TPSA) is 95.2 Å². The predicted octanol–water partition coefficient (Wildman–Crippen LogP) is 4.01. The summed E-state index contributed by atoms with van der Waals surface area (Å²) in [5, 5.41) is 18.7. The maximum absolute atomic E-state index is 11.6. The van der Waals surface area contributed by atoms with Crippen LogP contribution in [-0.2, 0) is 14.6 Å². The van der Waals surface area contributed by atoms with E-state index < -0.39 is 21.7 Å². The summed E-state index contributed by atoms with van der Waals surface area (Å²) in [4.78, 5) is 11.9. The van der Waals surface area contributed by atoms with E-state index >= 15 is 0 Å². The van der Waals surface area contributed by atoms with Crippen LogP contribution in [0.5, 0.6) is 0 Å². The average molecular weight is 393 g/mol. The Morgan fingerprint density at radius 2 is 1.79 bits per heavy atom. The molecule has 0 radical (unpaired) electrons. The van der Waals surface area contributed by atoms with Gasteiger partial charge in [0.1, 0.15) is 0 Å². The van der Waals surface area contributed by atoms with Crippen molar-refractivity contribution in [3.05, 3.63) is 70.3 Å². The molecule has 1 aliphatic carbocycles. The molecule has 0 fully saturated rings. The molecule has 2 aromatic rings. The minimum Gasteiger partial charge on any atom is -0.481 e. The van der Waals surface area contributed by atoms with E-state index in [-0.39, 0.29) is 4.90 Å². The number of rotatable bonds is 4. The first-order chi connectivity index (χ1) is 13.1. The molecule has 1 unspecified atom stereocenters. The Bertz CT molecular complexity index is 1180. The van der Waals surface area contributed by atoms with E-state index in [0.29, 0.717) is 11.1 Å². The summed E-state index contributed by atoms with van der Waals surface area (Å²) >= 11 is 0. The summed E-state index contributed by atoms with van der Waals surface area (Å²) in [5.41, 5.74) is 5.31. The average Bonchev–Trinajstić information content (AvgIpc) is 2.91. The molecule has 1 atom stereocenters. The van der Waals surface area contributed by atoms with Crippen LogP contribution in [0.25, 0.3) is 17.2 Å². The molecule has 0 aliphatic heterocycles. The number of sulfone groups is 1. The highest BCUT2D eigenvalue weighted by Gasteiger charge is 2.30. The van der Waals surface area contributed by atoms with Crippen LogP contribution in [0.3, 0.4) is 0 Å². The van der Waals surface area contributed by atoms with Gasteiger partial charge in [0.05, 0.1) is 22.4 Å². The minimum atomic E-state index is -3.27. The highest BCUT2D eigenvalue weighted by atomic mass is 32.2. The van der Waals surface area contributed by atoms with Crippen LogP contribution in [0.15, 0.2) is 52.9 Å². The van der Waals surface area contributed by atoms with Crippen LogP contribution in [0.1, 0.15) is 36.1 Å². The number of carbonyl (C=O) groups is 1. The fourth-order valence-corrected chi connectivity index (χ4v) is 4.10. The van der Waals surface area contributed by atoms with Crippen molar-refractivity contribution in [3.63, 3.8) is 0 Å². The molecule has 1 aliphatic rings. The molecule has 3 rings (SSSR count). The molecule has 1 N–H and O–H groups in total. The third kappa shape index (κ3) is 3.49. The van der Waals surface area contributed by atoms with Gasteiger partial charge in [-0.2, -0.15) is 5.26 Å². The first-order valence-electron chi connectivity index (χ1n) is 8.64. The molecule has 0 saturated carbocycles. The first-order valence-corrected chi connectivity index (χ1v) is 10.5. The lowest BCUT2D eigenvalue weighted by Crippen LogP contribution is -2.11. The van der Waals surface area contributed by atoms with Crippen molar-refractivity contribution in [2.75, 3.05) is 6.26 Å². The third-order valence-electron chi connectivity index (χ3n) is 4.96. The summed E-state index contributed by atoms with van der Waals surface area (Å²) in [6.07, 6.45) is 3.07. The molecule has 0 amide bonds. The van der Waals surface area contributed by atoms with Crippen LogP contribution in [0.2, 0.25) is 0 Å². The Balaban J connectivity index is 2.17. The maximum Gasteiger partial charge on any atom is 0.310 e. The number of allylic oxidation sites excluding steroid dienone is 2. The molecule has 0 bridgehead atoms. The smallest absolute Gasteiger partial charge is 0.310 e. The molecular formula is C22H19NO4S. The van der Waals surface area contributed by atoms with Gasteiger partial charge in [0.15, 0.2) is 9.84 Å². The number of hydrogen-bond acceptors (Lipinski definition) is 4. The summed E-state index contributed by atoms with van der Waals surface area (Å²) in [6, 6.07) is 13.9. The van der Waals surface area contributed by atoms with Crippen LogP contribution >= 0.6 is 0 Å². The Morgan fingerprint density at radius 3 is 2.32 bits per heavy atom. The van der Waals surface area contributed by atoms with Crippen LogP contribution in [-0.4, -0.2) is 25.7 Å². The molecule has 5 nitrogen and oxygen atoms in total. The predicted molar refractivity (Wildman–Crippen MR) is 108 cm³/mol. The summed E-state index contributed by atoms with van der Waals surface area (Å²) < 4.78 is 23.3. The zero-order valence-corrected chi connectivity index (χ0v) is 16.5. The standard InChI is InChI=1S/C22H19NO4S/c1-13-19(10-15-4-7-17(8-5-15)28(3,26)27)18-9-6-16(12-23)11-20(18)21(13)14(2)22(24)25/h4-11,14H,1-3H3,(H,24,25). The molecular weight excluding hydrogens is 374 g/mol. The SMILES string of the molecule is CC1=C(C(C)C(=O)O)c2cc(C#N)ccc2C1=Cc1ccc(S(C)(=O)=O)cc1.